The molecule has 1 unspecified atom stereocenters. The van der Waals surface area contributed by atoms with Crippen LogP contribution in [0, 0.1) is 0 Å². The van der Waals surface area contributed by atoms with Crippen molar-refractivity contribution in [2.75, 3.05) is 21.0 Å². The summed E-state index contributed by atoms with van der Waals surface area (Å²) in [5, 5.41) is 0. The number of nitrogens with two attached hydrogens (primary N) is 1. The van der Waals surface area contributed by atoms with Crippen molar-refractivity contribution >= 4 is 0 Å². The molecule has 0 bridgehead atoms. The summed E-state index contributed by atoms with van der Waals surface area (Å²) in [5.74, 6) is 1.38. The molecule has 1 rings (SSSR count). The van der Waals surface area contributed by atoms with Crippen molar-refractivity contribution < 1.29 is 14.2 Å². The second-order valence-corrected chi connectivity index (χ2v) is 3.72. The van der Waals surface area contributed by atoms with Gasteiger partial charge in [-0.3, -0.25) is 0 Å². The molecule has 1 atom stereocenters. The molecular formula is C12H19NO3. The molecule has 1 aromatic carbocycles. The molecule has 0 aliphatic heterocycles. The summed E-state index contributed by atoms with van der Waals surface area (Å²) in [5.41, 5.74) is 6.88. The van der Waals surface area contributed by atoms with Crippen LogP contribution in [-0.4, -0.2) is 27.1 Å². The van der Waals surface area contributed by atoms with Gasteiger partial charge in [-0.15, -0.1) is 0 Å². The van der Waals surface area contributed by atoms with Gasteiger partial charge in [0.25, 0.3) is 0 Å². The van der Waals surface area contributed by atoms with Crippen LogP contribution in [0.4, 0.5) is 0 Å². The number of benzene rings is 1. The highest BCUT2D eigenvalue weighted by atomic mass is 16.7. The topological polar surface area (TPSA) is 53.7 Å². The Bertz CT molecular complexity index is 326. The van der Waals surface area contributed by atoms with Crippen LogP contribution < -0.4 is 15.2 Å². The van der Waals surface area contributed by atoms with E-state index in [1.807, 2.05) is 25.1 Å². The van der Waals surface area contributed by atoms with Gasteiger partial charge in [0.15, 0.2) is 18.3 Å². The van der Waals surface area contributed by atoms with Gasteiger partial charge >= 0.3 is 0 Å². The minimum absolute atomic E-state index is 0.128. The second kappa shape index (κ2) is 6.35. The summed E-state index contributed by atoms with van der Waals surface area (Å²) >= 11 is 0. The average Bonchev–Trinajstić information content (AvgIpc) is 2.25. The van der Waals surface area contributed by atoms with Crippen molar-refractivity contribution in [2.45, 2.75) is 19.4 Å². The maximum atomic E-state index is 5.75. The van der Waals surface area contributed by atoms with Crippen LogP contribution in [0.25, 0.3) is 0 Å². The molecule has 0 fully saturated rings. The van der Waals surface area contributed by atoms with Crippen LogP contribution in [0.2, 0.25) is 0 Å². The Kier molecular flexibility index (Phi) is 5.08. The van der Waals surface area contributed by atoms with Crippen LogP contribution in [0.3, 0.4) is 0 Å². The highest BCUT2D eigenvalue weighted by Gasteiger charge is 2.06. The van der Waals surface area contributed by atoms with E-state index < -0.39 is 0 Å². The lowest BCUT2D eigenvalue weighted by molar-refractivity contribution is 0.0491. The van der Waals surface area contributed by atoms with E-state index in [0.717, 1.165) is 12.0 Å². The zero-order chi connectivity index (χ0) is 12.0. The van der Waals surface area contributed by atoms with Gasteiger partial charge in [-0.1, -0.05) is 6.07 Å². The van der Waals surface area contributed by atoms with E-state index in [0.29, 0.717) is 11.5 Å². The van der Waals surface area contributed by atoms with E-state index >= 15 is 0 Å². The Morgan fingerprint density at radius 2 is 2.00 bits per heavy atom. The molecule has 0 aromatic heterocycles. The standard InChI is InChI=1S/C12H19NO3/c1-9(13)6-10-4-5-11(15-3)12(7-10)16-8-14-2/h4-5,7,9H,6,8,13H2,1-3H3. The molecule has 0 aliphatic carbocycles. The summed E-state index contributed by atoms with van der Waals surface area (Å²) in [4.78, 5) is 0. The van der Waals surface area contributed by atoms with Gasteiger partial charge in [0.2, 0.25) is 0 Å². The molecule has 0 saturated carbocycles. The summed E-state index contributed by atoms with van der Waals surface area (Å²) in [7, 11) is 3.19. The van der Waals surface area contributed by atoms with Gasteiger partial charge in [0, 0.05) is 13.2 Å². The molecule has 90 valence electrons. The van der Waals surface area contributed by atoms with E-state index in [-0.39, 0.29) is 12.8 Å². The number of ether oxygens (including phenoxy) is 3. The highest BCUT2D eigenvalue weighted by molar-refractivity contribution is 5.43. The van der Waals surface area contributed by atoms with Crippen molar-refractivity contribution in [3.8, 4) is 11.5 Å². The first-order valence-corrected chi connectivity index (χ1v) is 5.21. The van der Waals surface area contributed by atoms with Gasteiger partial charge in [0.1, 0.15) is 0 Å². The zero-order valence-corrected chi connectivity index (χ0v) is 10.0. The lowest BCUT2D eigenvalue weighted by atomic mass is 10.1. The van der Waals surface area contributed by atoms with Crippen LogP contribution in [0.5, 0.6) is 11.5 Å². The molecule has 0 aliphatic rings. The molecule has 1 aromatic rings. The smallest absolute Gasteiger partial charge is 0.188 e. The molecule has 2 N–H and O–H groups in total. The van der Waals surface area contributed by atoms with Gasteiger partial charge in [-0.05, 0) is 31.0 Å². The Morgan fingerprint density at radius 1 is 1.25 bits per heavy atom. The van der Waals surface area contributed by atoms with Crippen molar-refractivity contribution in [1.29, 1.82) is 0 Å². The SMILES string of the molecule is COCOc1cc(CC(C)N)ccc1OC. The van der Waals surface area contributed by atoms with Crippen LogP contribution in [-0.2, 0) is 11.2 Å². The van der Waals surface area contributed by atoms with Crippen molar-refractivity contribution in [3.63, 3.8) is 0 Å². The van der Waals surface area contributed by atoms with E-state index in [1.165, 1.54) is 0 Å². The number of hydrogen-bond acceptors (Lipinski definition) is 4. The maximum absolute atomic E-state index is 5.75. The Hall–Kier alpha value is -1.26. The predicted molar refractivity (Wildman–Crippen MR) is 62.9 cm³/mol. The summed E-state index contributed by atoms with van der Waals surface area (Å²) in [6.07, 6.45) is 0.813. The van der Waals surface area contributed by atoms with Gasteiger partial charge in [-0.2, -0.15) is 0 Å². The first-order valence-electron chi connectivity index (χ1n) is 5.21. The monoisotopic (exact) mass is 225 g/mol. The normalized spacial score (nSPS) is 12.2. The minimum Gasteiger partial charge on any atom is -0.493 e. The first kappa shape index (κ1) is 12.8. The fourth-order valence-corrected chi connectivity index (χ4v) is 1.46. The van der Waals surface area contributed by atoms with Gasteiger partial charge < -0.3 is 19.9 Å². The van der Waals surface area contributed by atoms with Crippen LogP contribution in [0.15, 0.2) is 18.2 Å². The quantitative estimate of drug-likeness (QED) is 0.747. The van der Waals surface area contributed by atoms with Crippen molar-refractivity contribution in [1.82, 2.24) is 0 Å². The molecule has 4 heteroatoms. The van der Waals surface area contributed by atoms with Crippen molar-refractivity contribution in [3.05, 3.63) is 23.8 Å². The number of methoxy groups -OCH3 is 2. The zero-order valence-electron chi connectivity index (χ0n) is 10.0. The third-order valence-electron chi connectivity index (χ3n) is 2.12. The third-order valence-corrected chi connectivity index (χ3v) is 2.12. The van der Waals surface area contributed by atoms with E-state index in [2.05, 4.69) is 0 Å². The molecule has 4 nitrogen and oxygen atoms in total. The largest absolute Gasteiger partial charge is 0.493 e. The fraction of sp³-hybridized carbons (Fsp3) is 0.500. The van der Waals surface area contributed by atoms with Gasteiger partial charge in [-0.25, -0.2) is 0 Å². The van der Waals surface area contributed by atoms with Crippen LogP contribution in [0.1, 0.15) is 12.5 Å². The molecule has 0 spiro atoms. The lowest BCUT2D eigenvalue weighted by Crippen LogP contribution is -2.17. The first-order chi connectivity index (χ1) is 7.67. The minimum atomic E-state index is 0.128. The van der Waals surface area contributed by atoms with E-state index in [9.17, 15) is 0 Å². The maximum Gasteiger partial charge on any atom is 0.188 e. The number of hydrogen-bond donors (Lipinski definition) is 1. The van der Waals surface area contributed by atoms with E-state index in [4.69, 9.17) is 19.9 Å². The summed E-state index contributed by atoms with van der Waals surface area (Å²) in [6, 6.07) is 5.93. The van der Waals surface area contributed by atoms with E-state index in [1.54, 1.807) is 14.2 Å². The Balaban J connectivity index is 2.83. The average molecular weight is 225 g/mol. The molecule has 0 amide bonds. The van der Waals surface area contributed by atoms with Gasteiger partial charge in [0.05, 0.1) is 7.11 Å². The molecule has 0 saturated heterocycles. The molecule has 0 heterocycles. The second-order valence-electron chi connectivity index (χ2n) is 3.72. The summed E-state index contributed by atoms with van der Waals surface area (Å²) in [6.45, 7) is 2.18. The fourth-order valence-electron chi connectivity index (χ4n) is 1.46. The molecule has 0 radical (unpaired) electrons. The summed E-state index contributed by atoms with van der Waals surface area (Å²) < 4.78 is 15.5. The van der Waals surface area contributed by atoms with Crippen molar-refractivity contribution in [2.24, 2.45) is 5.73 Å². The number of rotatable bonds is 6. The predicted octanol–water partition coefficient (Wildman–Crippen LogP) is 1.57. The molecular weight excluding hydrogens is 206 g/mol. The lowest BCUT2D eigenvalue weighted by Gasteiger charge is -2.12. The highest BCUT2D eigenvalue weighted by Crippen LogP contribution is 2.28. The third kappa shape index (κ3) is 3.72. The van der Waals surface area contributed by atoms with Crippen LogP contribution >= 0.6 is 0 Å². The molecule has 16 heavy (non-hydrogen) atoms. The Labute approximate surface area is 96.3 Å². The Morgan fingerprint density at radius 3 is 2.56 bits per heavy atom.